The molecular formula is C16H22N2O6S. The fraction of sp³-hybridized carbons (Fsp3) is 0.438. The summed E-state index contributed by atoms with van der Waals surface area (Å²) in [5, 5.41) is 2.25. The van der Waals surface area contributed by atoms with Gasteiger partial charge < -0.3 is 10.1 Å². The molecule has 0 saturated carbocycles. The molecular weight excluding hydrogens is 348 g/mol. The largest absolute Gasteiger partial charge is 0.444 e. The molecule has 0 aliphatic carbocycles. The molecule has 0 aliphatic heterocycles. The first-order valence-electron chi connectivity index (χ1n) is 7.49. The van der Waals surface area contributed by atoms with Crippen molar-refractivity contribution in [2.75, 3.05) is 0 Å². The van der Waals surface area contributed by atoms with Gasteiger partial charge in [0.05, 0.1) is 4.90 Å². The summed E-state index contributed by atoms with van der Waals surface area (Å²) in [4.78, 5) is 34.8. The van der Waals surface area contributed by atoms with Crippen molar-refractivity contribution >= 4 is 27.8 Å². The Hall–Kier alpha value is -2.42. The van der Waals surface area contributed by atoms with Crippen LogP contribution in [0.5, 0.6) is 0 Å². The zero-order chi connectivity index (χ0) is 19.4. The summed E-state index contributed by atoms with van der Waals surface area (Å²) in [5.74, 6) is -1.23. The predicted molar refractivity (Wildman–Crippen MR) is 90.6 cm³/mol. The number of hydrogen-bond donors (Lipinski definition) is 2. The third-order valence-corrected chi connectivity index (χ3v) is 4.26. The van der Waals surface area contributed by atoms with E-state index in [1.807, 2.05) is 4.72 Å². The van der Waals surface area contributed by atoms with Crippen LogP contribution in [0.1, 0.15) is 45.0 Å². The van der Waals surface area contributed by atoms with Gasteiger partial charge in [-0.1, -0.05) is 12.1 Å². The lowest BCUT2D eigenvalue weighted by atomic mass is 10.2. The van der Waals surface area contributed by atoms with E-state index in [0.29, 0.717) is 0 Å². The van der Waals surface area contributed by atoms with E-state index in [4.69, 9.17) is 4.74 Å². The molecule has 0 bridgehead atoms. The van der Waals surface area contributed by atoms with Crippen molar-refractivity contribution in [2.45, 2.75) is 51.2 Å². The first kappa shape index (κ1) is 20.6. The highest BCUT2D eigenvalue weighted by molar-refractivity contribution is 7.90. The van der Waals surface area contributed by atoms with Crippen molar-refractivity contribution in [1.29, 1.82) is 0 Å². The van der Waals surface area contributed by atoms with Crippen LogP contribution in [0.25, 0.3) is 0 Å². The van der Waals surface area contributed by atoms with E-state index in [1.54, 1.807) is 20.8 Å². The average Bonchev–Trinajstić information content (AvgIpc) is 2.44. The summed E-state index contributed by atoms with van der Waals surface area (Å²) in [6.45, 7) is 7.59. The summed E-state index contributed by atoms with van der Waals surface area (Å²) in [5.41, 5.74) is -0.547. The molecule has 2 N–H and O–H groups in total. The number of sulfonamides is 1. The van der Waals surface area contributed by atoms with E-state index in [9.17, 15) is 22.8 Å². The quantitative estimate of drug-likeness (QED) is 0.760. The Morgan fingerprint density at radius 2 is 1.76 bits per heavy atom. The minimum Gasteiger partial charge on any atom is -0.444 e. The van der Waals surface area contributed by atoms with E-state index in [-0.39, 0.29) is 16.2 Å². The highest BCUT2D eigenvalue weighted by Gasteiger charge is 2.25. The van der Waals surface area contributed by atoms with E-state index in [0.717, 1.165) is 0 Å². The van der Waals surface area contributed by atoms with Crippen LogP contribution >= 0.6 is 0 Å². The number of hydrogen-bond acceptors (Lipinski definition) is 6. The second kappa shape index (κ2) is 7.64. The number of ether oxygens (including phenoxy) is 1. The third kappa shape index (κ3) is 6.54. The third-order valence-electron chi connectivity index (χ3n) is 2.91. The highest BCUT2D eigenvalue weighted by Crippen LogP contribution is 2.12. The molecule has 0 radical (unpaired) electrons. The lowest BCUT2D eigenvalue weighted by Crippen LogP contribution is -2.47. The maximum Gasteiger partial charge on any atom is 0.408 e. The molecule has 0 fully saturated rings. The van der Waals surface area contributed by atoms with Crippen LogP contribution in [0.2, 0.25) is 0 Å². The van der Waals surface area contributed by atoms with Crippen molar-refractivity contribution in [3.05, 3.63) is 29.8 Å². The number of ketones is 1. The number of nitrogens with one attached hydrogen (secondary N) is 2. The van der Waals surface area contributed by atoms with Gasteiger partial charge in [-0.25, -0.2) is 17.9 Å². The number of carbonyl (C=O) groups is 3. The van der Waals surface area contributed by atoms with Crippen molar-refractivity contribution in [3.63, 3.8) is 0 Å². The van der Waals surface area contributed by atoms with Crippen LogP contribution in [0.15, 0.2) is 29.2 Å². The van der Waals surface area contributed by atoms with Gasteiger partial charge in [0.15, 0.2) is 5.78 Å². The molecule has 1 aromatic rings. The zero-order valence-electron chi connectivity index (χ0n) is 14.7. The highest BCUT2D eigenvalue weighted by atomic mass is 32.2. The summed E-state index contributed by atoms with van der Waals surface area (Å²) >= 11 is 0. The van der Waals surface area contributed by atoms with Crippen molar-refractivity contribution in [3.8, 4) is 0 Å². The van der Waals surface area contributed by atoms with Gasteiger partial charge in [0.1, 0.15) is 11.6 Å². The zero-order valence-corrected chi connectivity index (χ0v) is 15.6. The molecule has 1 unspecified atom stereocenters. The monoisotopic (exact) mass is 370 g/mol. The van der Waals surface area contributed by atoms with Crippen LogP contribution in [0.3, 0.4) is 0 Å². The Morgan fingerprint density at radius 3 is 2.28 bits per heavy atom. The maximum atomic E-state index is 12.2. The fourth-order valence-corrected chi connectivity index (χ4v) is 2.81. The molecule has 25 heavy (non-hydrogen) atoms. The van der Waals surface area contributed by atoms with Gasteiger partial charge in [-0.3, -0.25) is 9.59 Å². The number of rotatable bonds is 5. The van der Waals surface area contributed by atoms with E-state index < -0.39 is 33.7 Å². The molecule has 2 amide bonds. The Kier molecular flexibility index (Phi) is 6.31. The van der Waals surface area contributed by atoms with Gasteiger partial charge in [0.2, 0.25) is 0 Å². The molecule has 1 rings (SSSR count). The van der Waals surface area contributed by atoms with Gasteiger partial charge in [0.25, 0.3) is 15.9 Å². The lowest BCUT2D eigenvalue weighted by Gasteiger charge is -2.21. The SMILES string of the molecule is CC(=O)c1cccc(S(=O)(=O)NC(=O)C(C)NC(=O)OC(C)(C)C)c1. The van der Waals surface area contributed by atoms with Crippen molar-refractivity contribution in [2.24, 2.45) is 0 Å². The molecule has 1 aromatic carbocycles. The summed E-state index contributed by atoms with van der Waals surface area (Å²) in [7, 11) is -4.18. The summed E-state index contributed by atoms with van der Waals surface area (Å²) in [6.07, 6.45) is -0.842. The first-order chi connectivity index (χ1) is 11.3. The van der Waals surface area contributed by atoms with Crippen molar-refractivity contribution in [1.82, 2.24) is 10.0 Å². The Bertz CT molecular complexity index is 780. The van der Waals surface area contributed by atoms with Gasteiger partial charge in [-0.2, -0.15) is 0 Å². The van der Waals surface area contributed by atoms with Gasteiger partial charge in [-0.15, -0.1) is 0 Å². The standard InChI is InChI=1S/C16H22N2O6S/c1-10(17-15(21)24-16(3,4)5)14(20)18-25(22,23)13-8-6-7-12(9-13)11(2)19/h6-10H,1-5H3,(H,17,21)(H,18,20). The molecule has 138 valence electrons. The molecule has 0 spiro atoms. The predicted octanol–water partition coefficient (Wildman–Crippen LogP) is 1.61. The Morgan fingerprint density at radius 1 is 1.16 bits per heavy atom. The Balaban J connectivity index is 2.82. The number of Topliss-reactive ketones (excluding diaryl/α,β-unsaturated/α-hetero) is 1. The van der Waals surface area contributed by atoms with Gasteiger partial charge in [-0.05, 0) is 46.8 Å². The molecule has 0 aromatic heterocycles. The minimum absolute atomic E-state index is 0.204. The van der Waals surface area contributed by atoms with Crippen LogP contribution in [-0.2, 0) is 19.6 Å². The lowest BCUT2D eigenvalue weighted by molar-refractivity contribution is -0.121. The van der Waals surface area contributed by atoms with Gasteiger partial charge >= 0.3 is 6.09 Å². The molecule has 0 heterocycles. The molecule has 0 aliphatic rings. The van der Waals surface area contributed by atoms with Crippen LogP contribution < -0.4 is 10.0 Å². The summed E-state index contributed by atoms with van der Waals surface area (Å²) < 4.78 is 31.4. The average molecular weight is 370 g/mol. The van der Waals surface area contributed by atoms with Crippen LogP contribution in [0.4, 0.5) is 4.79 Å². The number of carbonyl (C=O) groups excluding carboxylic acids is 3. The first-order valence-corrected chi connectivity index (χ1v) is 8.97. The summed E-state index contributed by atoms with van der Waals surface area (Å²) in [6, 6.07) is 4.16. The number of amides is 2. The Labute approximate surface area is 147 Å². The smallest absolute Gasteiger partial charge is 0.408 e. The number of alkyl carbamates (subject to hydrolysis) is 1. The van der Waals surface area contributed by atoms with Crippen molar-refractivity contribution < 1.29 is 27.5 Å². The number of benzene rings is 1. The van der Waals surface area contributed by atoms with Crippen LogP contribution in [0, 0.1) is 0 Å². The topological polar surface area (TPSA) is 119 Å². The molecule has 9 heteroatoms. The molecule has 0 saturated heterocycles. The van der Waals surface area contributed by atoms with E-state index in [1.165, 1.54) is 38.1 Å². The molecule has 1 atom stereocenters. The maximum absolute atomic E-state index is 12.2. The second-order valence-corrected chi connectivity index (χ2v) is 8.10. The normalized spacial score (nSPS) is 12.8. The second-order valence-electron chi connectivity index (χ2n) is 6.42. The molecule has 8 nitrogen and oxygen atoms in total. The van der Waals surface area contributed by atoms with Crippen LogP contribution in [-0.4, -0.2) is 37.8 Å². The van der Waals surface area contributed by atoms with Gasteiger partial charge in [0, 0.05) is 5.56 Å². The van der Waals surface area contributed by atoms with E-state index in [2.05, 4.69) is 5.32 Å². The van der Waals surface area contributed by atoms with E-state index >= 15 is 0 Å². The minimum atomic E-state index is -4.18. The fourth-order valence-electron chi connectivity index (χ4n) is 1.71.